The molecule has 0 bridgehead atoms. The summed E-state index contributed by atoms with van der Waals surface area (Å²) in [5.41, 5.74) is 7.79. The summed E-state index contributed by atoms with van der Waals surface area (Å²) in [6.45, 7) is 3.45. The number of aliphatic hydroxyl groups excluding tert-OH is 1. The van der Waals surface area contributed by atoms with Gasteiger partial charge in [0.15, 0.2) is 0 Å². The lowest BCUT2D eigenvalue weighted by molar-refractivity contribution is 0.281. The van der Waals surface area contributed by atoms with Gasteiger partial charge in [0.2, 0.25) is 0 Å². The van der Waals surface area contributed by atoms with Crippen LogP contribution >= 0.6 is 0 Å². The lowest BCUT2D eigenvalue weighted by Crippen LogP contribution is -2.08. The molecule has 2 aromatic rings. The Hall–Kier alpha value is -1.91. The van der Waals surface area contributed by atoms with Gasteiger partial charge in [-0.15, -0.1) is 0 Å². The molecule has 0 aliphatic rings. The number of ether oxygens (including phenoxy) is 1. The molecule has 4 heteroatoms. The van der Waals surface area contributed by atoms with Gasteiger partial charge in [0.05, 0.1) is 6.61 Å². The standard InChI is InChI=1S/C16H18FNO2/c1-10-7-16(14(11(2)18)8-15(10)17)20-13-5-3-12(9-19)4-6-13/h3-8,11,19H,9,18H2,1-2H3/t11-/m0/s1. The van der Waals surface area contributed by atoms with Gasteiger partial charge in [-0.25, -0.2) is 4.39 Å². The smallest absolute Gasteiger partial charge is 0.132 e. The van der Waals surface area contributed by atoms with Gasteiger partial charge in [-0.05, 0) is 49.2 Å². The molecule has 3 N–H and O–H groups in total. The van der Waals surface area contributed by atoms with E-state index in [4.69, 9.17) is 15.6 Å². The van der Waals surface area contributed by atoms with Crippen LogP contribution < -0.4 is 10.5 Å². The van der Waals surface area contributed by atoms with Crippen molar-refractivity contribution < 1.29 is 14.2 Å². The number of hydrogen-bond donors (Lipinski definition) is 2. The fourth-order valence-corrected chi connectivity index (χ4v) is 1.90. The molecule has 0 fully saturated rings. The predicted molar refractivity (Wildman–Crippen MR) is 76.2 cm³/mol. The normalized spacial score (nSPS) is 12.2. The highest BCUT2D eigenvalue weighted by atomic mass is 19.1. The number of nitrogens with two attached hydrogens (primary N) is 1. The zero-order chi connectivity index (χ0) is 14.7. The van der Waals surface area contributed by atoms with Crippen molar-refractivity contribution in [3.8, 4) is 11.5 Å². The van der Waals surface area contributed by atoms with Crippen LogP contribution in [0, 0.1) is 12.7 Å². The van der Waals surface area contributed by atoms with Gasteiger partial charge >= 0.3 is 0 Å². The molecular formula is C16H18FNO2. The molecule has 3 nitrogen and oxygen atoms in total. The molecule has 1 atom stereocenters. The Bertz CT molecular complexity index is 594. The van der Waals surface area contributed by atoms with Gasteiger partial charge in [0.25, 0.3) is 0 Å². The van der Waals surface area contributed by atoms with Crippen molar-refractivity contribution in [1.82, 2.24) is 0 Å². The molecule has 0 radical (unpaired) electrons. The van der Waals surface area contributed by atoms with Crippen LogP contribution in [0.3, 0.4) is 0 Å². The lowest BCUT2D eigenvalue weighted by Gasteiger charge is -2.15. The molecule has 0 aromatic heterocycles. The minimum atomic E-state index is -0.322. The molecule has 0 spiro atoms. The van der Waals surface area contributed by atoms with Crippen molar-refractivity contribution in [3.05, 3.63) is 58.9 Å². The van der Waals surface area contributed by atoms with E-state index in [1.165, 1.54) is 6.07 Å². The minimum Gasteiger partial charge on any atom is -0.457 e. The van der Waals surface area contributed by atoms with Gasteiger partial charge in [0, 0.05) is 11.6 Å². The van der Waals surface area contributed by atoms with Crippen LogP contribution in [0.2, 0.25) is 0 Å². The second-order valence-electron chi connectivity index (χ2n) is 4.83. The van der Waals surface area contributed by atoms with Crippen molar-refractivity contribution in [2.24, 2.45) is 5.73 Å². The first-order valence-corrected chi connectivity index (χ1v) is 6.44. The number of aliphatic hydroxyl groups is 1. The van der Waals surface area contributed by atoms with Crippen molar-refractivity contribution >= 4 is 0 Å². The van der Waals surface area contributed by atoms with Crippen molar-refractivity contribution in [1.29, 1.82) is 0 Å². The van der Waals surface area contributed by atoms with E-state index in [0.29, 0.717) is 22.6 Å². The van der Waals surface area contributed by atoms with Crippen LogP contribution in [0.15, 0.2) is 36.4 Å². The maximum Gasteiger partial charge on any atom is 0.132 e. The molecule has 0 aliphatic heterocycles. The van der Waals surface area contributed by atoms with Gasteiger partial charge < -0.3 is 15.6 Å². The lowest BCUT2D eigenvalue weighted by atomic mass is 10.0. The van der Waals surface area contributed by atoms with Crippen LogP contribution in [-0.4, -0.2) is 5.11 Å². The number of aryl methyl sites for hydroxylation is 1. The average molecular weight is 275 g/mol. The Morgan fingerprint density at radius 2 is 1.90 bits per heavy atom. The van der Waals surface area contributed by atoms with E-state index in [9.17, 15) is 4.39 Å². The third kappa shape index (κ3) is 3.15. The van der Waals surface area contributed by atoms with Gasteiger partial charge in [-0.1, -0.05) is 12.1 Å². The number of halogens is 1. The fraction of sp³-hybridized carbons (Fsp3) is 0.250. The number of benzene rings is 2. The van der Waals surface area contributed by atoms with E-state index < -0.39 is 0 Å². The summed E-state index contributed by atoms with van der Waals surface area (Å²) in [6.07, 6.45) is 0. The highest BCUT2D eigenvalue weighted by Crippen LogP contribution is 2.31. The minimum absolute atomic E-state index is 0.0129. The number of hydrogen-bond acceptors (Lipinski definition) is 3. The number of rotatable bonds is 4. The van der Waals surface area contributed by atoms with E-state index in [1.54, 1.807) is 44.2 Å². The SMILES string of the molecule is Cc1cc(Oc2ccc(CO)cc2)c([C@H](C)N)cc1F. The van der Waals surface area contributed by atoms with Crippen LogP contribution in [0.25, 0.3) is 0 Å². The summed E-state index contributed by atoms with van der Waals surface area (Å²) in [7, 11) is 0. The molecular weight excluding hydrogens is 257 g/mol. The molecule has 0 aliphatic carbocycles. The summed E-state index contributed by atoms with van der Waals surface area (Å²) in [5, 5.41) is 9.00. The third-order valence-electron chi connectivity index (χ3n) is 3.12. The van der Waals surface area contributed by atoms with Crippen LogP contribution in [-0.2, 0) is 6.61 Å². The van der Waals surface area contributed by atoms with E-state index in [0.717, 1.165) is 5.56 Å². The highest BCUT2D eigenvalue weighted by molar-refractivity contribution is 5.43. The molecule has 0 saturated heterocycles. The maximum atomic E-state index is 13.6. The predicted octanol–water partition coefficient (Wildman–Crippen LogP) is 3.44. The largest absolute Gasteiger partial charge is 0.457 e. The first kappa shape index (κ1) is 14.5. The summed E-state index contributed by atoms with van der Waals surface area (Å²) < 4.78 is 19.4. The molecule has 2 rings (SSSR count). The van der Waals surface area contributed by atoms with E-state index in [-0.39, 0.29) is 18.5 Å². The fourth-order valence-electron chi connectivity index (χ4n) is 1.90. The summed E-state index contributed by atoms with van der Waals surface area (Å²) in [4.78, 5) is 0. The zero-order valence-electron chi connectivity index (χ0n) is 11.6. The second kappa shape index (κ2) is 6.03. The molecule has 0 heterocycles. The first-order chi connectivity index (χ1) is 9.51. The Morgan fingerprint density at radius 1 is 1.25 bits per heavy atom. The zero-order valence-corrected chi connectivity index (χ0v) is 11.6. The van der Waals surface area contributed by atoms with E-state index >= 15 is 0 Å². The van der Waals surface area contributed by atoms with Gasteiger partial charge in [-0.3, -0.25) is 0 Å². The molecule has 20 heavy (non-hydrogen) atoms. The van der Waals surface area contributed by atoms with Crippen molar-refractivity contribution in [2.75, 3.05) is 0 Å². The Labute approximate surface area is 117 Å². The van der Waals surface area contributed by atoms with E-state index in [1.807, 2.05) is 0 Å². The quantitative estimate of drug-likeness (QED) is 0.898. The van der Waals surface area contributed by atoms with Gasteiger partial charge in [0.1, 0.15) is 17.3 Å². The topological polar surface area (TPSA) is 55.5 Å². The molecule has 0 saturated carbocycles. The molecule has 0 unspecified atom stereocenters. The second-order valence-corrected chi connectivity index (χ2v) is 4.83. The molecule has 106 valence electrons. The molecule has 0 amide bonds. The summed E-state index contributed by atoms with van der Waals surface area (Å²) in [5.74, 6) is 0.881. The Kier molecular flexibility index (Phi) is 4.37. The summed E-state index contributed by atoms with van der Waals surface area (Å²) in [6, 6.07) is 9.81. The van der Waals surface area contributed by atoms with Crippen molar-refractivity contribution in [3.63, 3.8) is 0 Å². The van der Waals surface area contributed by atoms with Crippen LogP contribution in [0.1, 0.15) is 29.7 Å². The maximum absolute atomic E-state index is 13.6. The first-order valence-electron chi connectivity index (χ1n) is 6.44. The Morgan fingerprint density at radius 3 is 2.45 bits per heavy atom. The highest BCUT2D eigenvalue weighted by Gasteiger charge is 2.13. The van der Waals surface area contributed by atoms with Crippen LogP contribution in [0.4, 0.5) is 4.39 Å². The monoisotopic (exact) mass is 275 g/mol. The van der Waals surface area contributed by atoms with Gasteiger partial charge in [-0.2, -0.15) is 0 Å². The van der Waals surface area contributed by atoms with E-state index in [2.05, 4.69) is 0 Å². The summed E-state index contributed by atoms with van der Waals surface area (Å²) >= 11 is 0. The molecule has 2 aromatic carbocycles. The van der Waals surface area contributed by atoms with Crippen molar-refractivity contribution in [2.45, 2.75) is 26.5 Å². The third-order valence-corrected chi connectivity index (χ3v) is 3.12. The Balaban J connectivity index is 2.33. The average Bonchev–Trinajstić information content (AvgIpc) is 2.43. The van der Waals surface area contributed by atoms with Crippen LogP contribution in [0.5, 0.6) is 11.5 Å².